The van der Waals surface area contributed by atoms with Crippen LogP contribution >= 0.6 is 11.3 Å². The van der Waals surface area contributed by atoms with Gasteiger partial charge in [-0.15, -0.1) is 11.3 Å². The summed E-state index contributed by atoms with van der Waals surface area (Å²) in [6, 6.07) is 5.47. The molecular formula is C16H14N4O3S. The van der Waals surface area contributed by atoms with Crippen LogP contribution in [0.5, 0.6) is 0 Å². The fraction of sp³-hybridized carbons (Fsp3) is 0.250. The Morgan fingerprint density at radius 1 is 1.33 bits per heavy atom. The van der Waals surface area contributed by atoms with E-state index in [9.17, 15) is 14.9 Å². The molecule has 2 heterocycles. The zero-order valence-corrected chi connectivity index (χ0v) is 13.5. The number of carbonyl (C=O) groups excluding carboxylic acids is 2. The molecule has 0 unspecified atom stereocenters. The third-order valence-electron chi connectivity index (χ3n) is 3.62. The predicted molar refractivity (Wildman–Crippen MR) is 88.8 cm³/mol. The van der Waals surface area contributed by atoms with E-state index in [4.69, 9.17) is 4.42 Å². The Bertz CT molecular complexity index is 830. The van der Waals surface area contributed by atoms with Crippen molar-refractivity contribution >= 4 is 34.4 Å². The highest BCUT2D eigenvalue weighted by Crippen LogP contribution is 2.37. The molecule has 3 rings (SSSR count). The van der Waals surface area contributed by atoms with E-state index in [1.165, 1.54) is 23.8 Å². The van der Waals surface area contributed by atoms with Crippen LogP contribution in [0.3, 0.4) is 0 Å². The van der Waals surface area contributed by atoms with Gasteiger partial charge in [-0.2, -0.15) is 10.4 Å². The minimum atomic E-state index is -0.909. The van der Waals surface area contributed by atoms with Gasteiger partial charge < -0.3 is 9.73 Å². The van der Waals surface area contributed by atoms with Crippen molar-refractivity contribution in [3.63, 3.8) is 0 Å². The second-order valence-electron chi connectivity index (χ2n) is 5.20. The largest absolute Gasteiger partial charge is 0.463 e. The van der Waals surface area contributed by atoms with Gasteiger partial charge in [0.15, 0.2) is 0 Å². The molecule has 8 heteroatoms. The van der Waals surface area contributed by atoms with Crippen LogP contribution in [0.1, 0.15) is 34.6 Å². The first-order chi connectivity index (χ1) is 11.7. The molecule has 122 valence electrons. The van der Waals surface area contributed by atoms with Gasteiger partial charge in [-0.3, -0.25) is 9.59 Å². The SMILES string of the molecule is N#Cc1c(NC(=O)C(=O)NN=Cc2ccco2)sc2c1CCCC2. The summed E-state index contributed by atoms with van der Waals surface area (Å²) < 4.78 is 5.01. The van der Waals surface area contributed by atoms with Crippen molar-refractivity contribution in [2.75, 3.05) is 5.32 Å². The van der Waals surface area contributed by atoms with Crippen molar-refractivity contribution in [2.24, 2.45) is 5.10 Å². The zero-order valence-electron chi connectivity index (χ0n) is 12.7. The Morgan fingerprint density at radius 3 is 2.92 bits per heavy atom. The maximum Gasteiger partial charge on any atom is 0.329 e. The lowest BCUT2D eigenvalue weighted by Gasteiger charge is -2.09. The molecule has 0 fully saturated rings. The van der Waals surface area contributed by atoms with Gasteiger partial charge in [0.1, 0.15) is 16.8 Å². The van der Waals surface area contributed by atoms with E-state index in [1.807, 2.05) is 0 Å². The van der Waals surface area contributed by atoms with Crippen molar-refractivity contribution in [3.05, 3.63) is 40.2 Å². The van der Waals surface area contributed by atoms with Crippen molar-refractivity contribution in [1.82, 2.24) is 5.43 Å². The third-order valence-corrected chi connectivity index (χ3v) is 4.82. The number of nitrogens with one attached hydrogen (secondary N) is 2. The fourth-order valence-corrected chi connectivity index (χ4v) is 3.74. The van der Waals surface area contributed by atoms with Crippen LogP contribution in [0, 0.1) is 11.3 Å². The first-order valence-corrected chi connectivity index (χ1v) is 8.23. The Morgan fingerprint density at radius 2 is 2.17 bits per heavy atom. The third kappa shape index (κ3) is 3.36. The first kappa shape index (κ1) is 16.0. The van der Waals surface area contributed by atoms with Crippen LogP contribution in [0.15, 0.2) is 27.9 Å². The molecule has 0 spiro atoms. The minimum absolute atomic E-state index is 0.430. The van der Waals surface area contributed by atoms with E-state index in [-0.39, 0.29) is 0 Å². The molecule has 2 aromatic heterocycles. The van der Waals surface area contributed by atoms with Gasteiger partial charge in [-0.05, 0) is 43.4 Å². The number of aryl methyl sites for hydroxylation is 1. The van der Waals surface area contributed by atoms with Gasteiger partial charge in [0, 0.05) is 4.88 Å². The summed E-state index contributed by atoms with van der Waals surface area (Å²) in [4.78, 5) is 24.9. The van der Waals surface area contributed by atoms with Crippen LogP contribution < -0.4 is 10.7 Å². The maximum atomic E-state index is 12.0. The smallest absolute Gasteiger partial charge is 0.329 e. The van der Waals surface area contributed by atoms with E-state index in [0.717, 1.165) is 36.1 Å². The Labute approximate surface area is 142 Å². The lowest BCUT2D eigenvalue weighted by molar-refractivity contribution is -0.136. The van der Waals surface area contributed by atoms with Crippen molar-refractivity contribution < 1.29 is 14.0 Å². The van der Waals surface area contributed by atoms with E-state index in [1.54, 1.807) is 12.1 Å². The molecule has 0 saturated heterocycles. The standard InChI is InChI=1S/C16H14N4O3S/c17-8-12-11-5-1-2-6-13(11)24-16(12)19-14(21)15(22)20-18-9-10-4-3-7-23-10/h3-4,7,9H,1-2,5-6H2,(H,19,21)(H,20,22). The lowest BCUT2D eigenvalue weighted by atomic mass is 9.96. The molecular weight excluding hydrogens is 328 g/mol. The van der Waals surface area contributed by atoms with Crippen LogP contribution in [0.25, 0.3) is 0 Å². The molecule has 1 aliphatic rings. The Balaban J connectivity index is 1.65. The van der Waals surface area contributed by atoms with Crippen LogP contribution in [0.2, 0.25) is 0 Å². The number of furan rings is 1. The number of hydrazone groups is 1. The number of fused-ring (bicyclic) bond motifs is 1. The molecule has 0 bridgehead atoms. The number of thiophene rings is 1. The average molecular weight is 342 g/mol. The molecule has 7 nitrogen and oxygen atoms in total. The topological polar surface area (TPSA) is 107 Å². The molecule has 2 aromatic rings. The summed E-state index contributed by atoms with van der Waals surface area (Å²) in [5, 5.41) is 15.9. The summed E-state index contributed by atoms with van der Waals surface area (Å²) in [5.41, 5.74) is 3.59. The van der Waals surface area contributed by atoms with Crippen LogP contribution in [-0.2, 0) is 22.4 Å². The quantitative estimate of drug-likeness (QED) is 0.506. The number of nitriles is 1. The Kier molecular flexibility index (Phi) is 4.72. The highest BCUT2D eigenvalue weighted by atomic mass is 32.1. The lowest BCUT2D eigenvalue weighted by Crippen LogP contribution is -2.32. The number of hydrogen-bond acceptors (Lipinski definition) is 6. The monoisotopic (exact) mass is 342 g/mol. The van der Waals surface area contributed by atoms with Crippen molar-refractivity contribution in [2.45, 2.75) is 25.7 Å². The second kappa shape index (κ2) is 7.10. The van der Waals surface area contributed by atoms with Gasteiger partial charge in [-0.25, -0.2) is 5.43 Å². The number of hydrogen-bond donors (Lipinski definition) is 2. The average Bonchev–Trinajstić information content (AvgIpc) is 3.21. The normalized spacial score (nSPS) is 13.3. The highest BCUT2D eigenvalue weighted by molar-refractivity contribution is 7.16. The fourth-order valence-electron chi connectivity index (χ4n) is 2.50. The summed E-state index contributed by atoms with van der Waals surface area (Å²) in [6.45, 7) is 0. The van der Waals surface area contributed by atoms with Crippen LogP contribution in [0.4, 0.5) is 5.00 Å². The molecule has 0 aromatic carbocycles. The van der Waals surface area contributed by atoms with Gasteiger partial charge in [0.2, 0.25) is 0 Å². The number of nitrogens with zero attached hydrogens (tertiary/aromatic N) is 2. The molecule has 1 aliphatic carbocycles. The number of amides is 2. The minimum Gasteiger partial charge on any atom is -0.463 e. The number of carbonyl (C=O) groups is 2. The number of rotatable bonds is 3. The molecule has 24 heavy (non-hydrogen) atoms. The highest BCUT2D eigenvalue weighted by Gasteiger charge is 2.23. The van der Waals surface area contributed by atoms with Gasteiger partial charge >= 0.3 is 11.8 Å². The van der Waals surface area contributed by atoms with Gasteiger partial charge in [-0.1, -0.05) is 0 Å². The Hall–Kier alpha value is -2.92. The van der Waals surface area contributed by atoms with E-state index < -0.39 is 11.8 Å². The summed E-state index contributed by atoms with van der Waals surface area (Å²) in [5.74, 6) is -1.32. The van der Waals surface area contributed by atoms with Crippen LogP contribution in [-0.4, -0.2) is 18.0 Å². The van der Waals surface area contributed by atoms with Gasteiger partial charge in [0.25, 0.3) is 0 Å². The molecule has 0 radical (unpaired) electrons. The molecule has 2 amide bonds. The van der Waals surface area contributed by atoms with Crippen molar-refractivity contribution in [1.29, 1.82) is 5.26 Å². The van der Waals surface area contributed by atoms with E-state index >= 15 is 0 Å². The second-order valence-corrected chi connectivity index (χ2v) is 6.30. The molecule has 2 N–H and O–H groups in total. The molecule has 0 atom stereocenters. The maximum absolute atomic E-state index is 12.0. The van der Waals surface area contributed by atoms with E-state index in [2.05, 4.69) is 21.9 Å². The summed E-state index contributed by atoms with van der Waals surface area (Å²) >= 11 is 1.37. The molecule has 0 aliphatic heterocycles. The van der Waals surface area contributed by atoms with Crippen molar-refractivity contribution in [3.8, 4) is 6.07 Å². The number of anilines is 1. The van der Waals surface area contributed by atoms with Gasteiger partial charge in [0.05, 0.1) is 18.0 Å². The predicted octanol–water partition coefficient (Wildman–Crippen LogP) is 2.18. The van der Waals surface area contributed by atoms with E-state index in [0.29, 0.717) is 16.3 Å². The zero-order chi connectivity index (χ0) is 16.9. The summed E-state index contributed by atoms with van der Waals surface area (Å²) in [7, 11) is 0. The first-order valence-electron chi connectivity index (χ1n) is 7.41. The summed E-state index contributed by atoms with van der Waals surface area (Å²) in [6.07, 6.45) is 6.61. The molecule has 0 saturated carbocycles.